The van der Waals surface area contributed by atoms with E-state index in [1.165, 1.54) is 23.3 Å². The molecule has 1 N–H and O–H groups in total. The molecule has 1 aromatic heterocycles. The summed E-state index contributed by atoms with van der Waals surface area (Å²) < 4.78 is 5.78. The molecule has 4 heteroatoms. The van der Waals surface area contributed by atoms with E-state index in [-0.39, 0.29) is 6.04 Å². The normalized spacial score (nSPS) is 16.3. The molecular weight excluding hydrogens is 256 g/mol. The number of hydrogen-bond donors (Lipinski definition) is 1. The quantitative estimate of drug-likeness (QED) is 0.877. The molecule has 0 spiro atoms. The Morgan fingerprint density at radius 2 is 2.16 bits per heavy atom. The van der Waals surface area contributed by atoms with Crippen molar-refractivity contribution in [3.8, 4) is 5.75 Å². The molecule has 3 nitrogen and oxygen atoms in total. The second-order valence-electron chi connectivity index (χ2n) is 4.78. The van der Waals surface area contributed by atoms with Crippen molar-refractivity contribution >= 4 is 11.3 Å². The third-order valence-electron chi connectivity index (χ3n) is 3.18. The molecule has 1 aliphatic rings. The first kappa shape index (κ1) is 12.6. The number of rotatable bonds is 6. The Morgan fingerprint density at radius 3 is 2.74 bits per heavy atom. The summed E-state index contributed by atoms with van der Waals surface area (Å²) in [4.78, 5) is 5.42. The van der Waals surface area contributed by atoms with Crippen LogP contribution < -0.4 is 10.1 Å². The van der Waals surface area contributed by atoms with Gasteiger partial charge in [0.05, 0.1) is 17.7 Å². The molecule has 19 heavy (non-hydrogen) atoms. The topological polar surface area (TPSA) is 34.1 Å². The van der Waals surface area contributed by atoms with Gasteiger partial charge in [-0.3, -0.25) is 4.98 Å². The largest absolute Gasteiger partial charge is 0.490 e. The number of ether oxygens (including phenoxy) is 1. The molecule has 100 valence electrons. The first-order valence-electron chi connectivity index (χ1n) is 6.75. The zero-order valence-electron chi connectivity index (χ0n) is 11.0. The summed E-state index contributed by atoms with van der Waals surface area (Å²) in [5.41, 5.74) is 3.14. The van der Waals surface area contributed by atoms with Gasteiger partial charge < -0.3 is 10.1 Å². The van der Waals surface area contributed by atoms with Gasteiger partial charge in [0.2, 0.25) is 0 Å². The van der Waals surface area contributed by atoms with Crippen molar-refractivity contribution in [2.24, 2.45) is 0 Å². The maximum absolute atomic E-state index is 5.78. The van der Waals surface area contributed by atoms with Gasteiger partial charge in [0.25, 0.3) is 0 Å². The van der Waals surface area contributed by atoms with Crippen molar-refractivity contribution in [2.45, 2.75) is 31.9 Å². The van der Waals surface area contributed by atoms with Crippen molar-refractivity contribution in [2.75, 3.05) is 6.54 Å². The van der Waals surface area contributed by atoms with Gasteiger partial charge in [0.1, 0.15) is 5.75 Å². The summed E-state index contributed by atoms with van der Waals surface area (Å²) in [6.45, 7) is 3.06. The van der Waals surface area contributed by atoms with Gasteiger partial charge in [-0.05, 0) is 37.1 Å². The van der Waals surface area contributed by atoms with Crippen LogP contribution in [0.4, 0.5) is 0 Å². The zero-order valence-corrected chi connectivity index (χ0v) is 11.8. The molecule has 1 unspecified atom stereocenters. The fraction of sp³-hybridized carbons (Fsp3) is 0.400. The number of nitrogens with zero attached hydrogens (tertiary/aromatic N) is 1. The molecule has 0 radical (unpaired) electrons. The van der Waals surface area contributed by atoms with Crippen LogP contribution >= 0.6 is 11.3 Å². The van der Waals surface area contributed by atoms with Crippen LogP contribution in [0.25, 0.3) is 0 Å². The van der Waals surface area contributed by atoms with Crippen LogP contribution in [0.1, 0.15) is 36.2 Å². The van der Waals surface area contributed by atoms with E-state index >= 15 is 0 Å². The van der Waals surface area contributed by atoms with Crippen LogP contribution in [0.3, 0.4) is 0 Å². The first-order valence-corrected chi connectivity index (χ1v) is 7.63. The fourth-order valence-electron chi connectivity index (χ4n) is 2.07. The highest BCUT2D eigenvalue weighted by Crippen LogP contribution is 2.29. The van der Waals surface area contributed by atoms with Crippen molar-refractivity contribution in [1.29, 1.82) is 0 Å². The standard InChI is InChI=1S/C15H18N2OS/c1-2-17-15(14-9-16-10-19-14)11-3-5-12(6-4-11)18-13-7-8-13/h3-6,9-10,13,15,17H,2,7-8H2,1H3. The van der Waals surface area contributed by atoms with Gasteiger partial charge in [-0.1, -0.05) is 19.1 Å². The van der Waals surface area contributed by atoms with E-state index in [1.54, 1.807) is 11.3 Å². The van der Waals surface area contributed by atoms with E-state index in [4.69, 9.17) is 4.74 Å². The van der Waals surface area contributed by atoms with Gasteiger partial charge in [-0.15, -0.1) is 11.3 Å². The SMILES string of the molecule is CCNC(c1ccc(OC2CC2)cc1)c1cncs1. The molecule has 0 aliphatic heterocycles. The monoisotopic (exact) mass is 274 g/mol. The lowest BCUT2D eigenvalue weighted by Gasteiger charge is -2.17. The third kappa shape index (κ3) is 3.14. The molecule has 1 fully saturated rings. The highest BCUT2D eigenvalue weighted by atomic mass is 32.1. The van der Waals surface area contributed by atoms with Crippen molar-refractivity contribution in [3.05, 3.63) is 46.4 Å². The molecular formula is C15H18N2OS. The average molecular weight is 274 g/mol. The average Bonchev–Trinajstić information content (AvgIpc) is 3.08. The van der Waals surface area contributed by atoms with Crippen LogP contribution in [-0.4, -0.2) is 17.6 Å². The Balaban J connectivity index is 1.77. The molecule has 1 atom stereocenters. The lowest BCUT2D eigenvalue weighted by atomic mass is 10.1. The molecule has 3 rings (SSSR count). The molecule has 1 saturated carbocycles. The Kier molecular flexibility index (Phi) is 3.80. The van der Waals surface area contributed by atoms with E-state index in [0.717, 1.165) is 12.3 Å². The van der Waals surface area contributed by atoms with Gasteiger partial charge >= 0.3 is 0 Å². The zero-order chi connectivity index (χ0) is 13.1. The minimum atomic E-state index is 0.229. The number of nitrogens with one attached hydrogen (secondary N) is 1. The number of aromatic nitrogens is 1. The van der Waals surface area contributed by atoms with E-state index < -0.39 is 0 Å². The molecule has 1 heterocycles. The lowest BCUT2D eigenvalue weighted by Crippen LogP contribution is -2.21. The number of thiazole rings is 1. The van der Waals surface area contributed by atoms with Gasteiger partial charge in [0.15, 0.2) is 0 Å². The molecule has 2 aromatic rings. The minimum absolute atomic E-state index is 0.229. The van der Waals surface area contributed by atoms with E-state index in [2.05, 4.69) is 41.5 Å². The van der Waals surface area contributed by atoms with E-state index in [0.29, 0.717) is 6.10 Å². The smallest absolute Gasteiger partial charge is 0.119 e. The summed E-state index contributed by atoms with van der Waals surface area (Å²) in [6, 6.07) is 8.65. The van der Waals surface area contributed by atoms with Crippen LogP contribution in [-0.2, 0) is 0 Å². The van der Waals surface area contributed by atoms with Crippen molar-refractivity contribution in [1.82, 2.24) is 10.3 Å². The third-order valence-corrected chi connectivity index (χ3v) is 4.03. The maximum atomic E-state index is 5.78. The molecule has 0 saturated heterocycles. The van der Waals surface area contributed by atoms with Crippen LogP contribution in [0.5, 0.6) is 5.75 Å². The van der Waals surface area contributed by atoms with Crippen LogP contribution in [0.15, 0.2) is 36.0 Å². The minimum Gasteiger partial charge on any atom is -0.490 e. The summed E-state index contributed by atoms with van der Waals surface area (Å²) >= 11 is 1.69. The highest BCUT2D eigenvalue weighted by molar-refractivity contribution is 7.09. The number of benzene rings is 1. The maximum Gasteiger partial charge on any atom is 0.119 e. The highest BCUT2D eigenvalue weighted by Gasteiger charge is 2.23. The summed E-state index contributed by atoms with van der Waals surface area (Å²) in [5, 5.41) is 3.50. The summed E-state index contributed by atoms with van der Waals surface area (Å²) in [7, 11) is 0. The predicted octanol–water partition coefficient (Wildman–Crippen LogP) is 3.38. The lowest BCUT2D eigenvalue weighted by molar-refractivity contribution is 0.303. The summed E-state index contributed by atoms with van der Waals surface area (Å²) in [5.74, 6) is 0.978. The first-order chi connectivity index (χ1) is 9.36. The summed E-state index contributed by atoms with van der Waals surface area (Å²) in [6.07, 6.45) is 4.79. The van der Waals surface area contributed by atoms with Crippen LogP contribution in [0.2, 0.25) is 0 Å². The van der Waals surface area contributed by atoms with E-state index in [9.17, 15) is 0 Å². The van der Waals surface area contributed by atoms with Gasteiger partial charge in [-0.25, -0.2) is 0 Å². The Labute approximate surface area is 117 Å². The molecule has 0 amide bonds. The molecule has 1 aromatic carbocycles. The molecule has 0 bridgehead atoms. The second kappa shape index (κ2) is 5.72. The Morgan fingerprint density at radius 1 is 1.37 bits per heavy atom. The Hall–Kier alpha value is -1.39. The van der Waals surface area contributed by atoms with Gasteiger partial charge in [0, 0.05) is 11.1 Å². The van der Waals surface area contributed by atoms with Crippen LogP contribution in [0, 0.1) is 0 Å². The van der Waals surface area contributed by atoms with E-state index in [1.807, 2.05) is 11.7 Å². The Bertz CT molecular complexity index is 505. The number of hydrogen-bond acceptors (Lipinski definition) is 4. The van der Waals surface area contributed by atoms with Crippen molar-refractivity contribution < 1.29 is 4.74 Å². The van der Waals surface area contributed by atoms with Crippen molar-refractivity contribution in [3.63, 3.8) is 0 Å². The second-order valence-corrected chi connectivity index (χ2v) is 5.70. The predicted molar refractivity (Wildman–Crippen MR) is 77.7 cm³/mol. The fourth-order valence-corrected chi connectivity index (χ4v) is 2.79. The molecule has 1 aliphatic carbocycles. The van der Waals surface area contributed by atoms with Gasteiger partial charge in [-0.2, -0.15) is 0 Å².